The molecule has 6 heteroatoms. The Hall–Kier alpha value is -2.63. The van der Waals surface area contributed by atoms with Gasteiger partial charge in [-0.25, -0.2) is 0 Å². The van der Waals surface area contributed by atoms with Crippen molar-refractivity contribution in [2.75, 3.05) is 18.4 Å². The van der Waals surface area contributed by atoms with Crippen molar-refractivity contribution in [2.24, 2.45) is 7.05 Å². The highest BCUT2D eigenvalue weighted by molar-refractivity contribution is 6.04. The summed E-state index contributed by atoms with van der Waals surface area (Å²) in [6.07, 6.45) is 0. The van der Waals surface area contributed by atoms with E-state index in [4.69, 9.17) is 0 Å². The topological polar surface area (TPSA) is 67.2 Å². The first-order valence-electron chi connectivity index (χ1n) is 8.92. The van der Waals surface area contributed by atoms with Gasteiger partial charge in [0.2, 0.25) is 0 Å². The zero-order valence-electron chi connectivity index (χ0n) is 16.5. The van der Waals surface area contributed by atoms with E-state index in [0.29, 0.717) is 30.0 Å². The quantitative estimate of drug-likeness (QED) is 0.892. The second-order valence-corrected chi connectivity index (χ2v) is 7.30. The van der Waals surface area contributed by atoms with Crippen molar-refractivity contribution < 1.29 is 9.59 Å². The van der Waals surface area contributed by atoms with E-state index in [2.05, 4.69) is 31.2 Å². The maximum absolute atomic E-state index is 12.6. The first-order valence-corrected chi connectivity index (χ1v) is 8.92. The Morgan fingerprint density at radius 3 is 2.35 bits per heavy atom. The van der Waals surface area contributed by atoms with Crippen molar-refractivity contribution in [3.05, 3.63) is 47.3 Å². The van der Waals surface area contributed by atoms with Crippen molar-refractivity contribution >= 4 is 17.5 Å². The van der Waals surface area contributed by atoms with E-state index >= 15 is 0 Å². The fourth-order valence-corrected chi connectivity index (χ4v) is 2.66. The number of benzene rings is 1. The highest BCUT2D eigenvalue weighted by Crippen LogP contribution is 2.22. The van der Waals surface area contributed by atoms with Crippen molar-refractivity contribution in [2.45, 2.75) is 40.0 Å². The maximum Gasteiger partial charge on any atom is 0.273 e. The molecule has 26 heavy (non-hydrogen) atoms. The van der Waals surface area contributed by atoms with Gasteiger partial charge in [-0.05, 0) is 38.1 Å². The van der Waals surface area contributed by atoms with Gasteiger partial charge in [0, 0.05) is 36.8 Å². The minimum absolute atomic E-state index is 0.0401. The number of anilines is 1. The standard InChI is InChI=1S/C20H28N4O2/c1-7-24(8-2)19(26)14-10-9-11-15(12-14)21-18(25)16-13-17(20(3,4)5)22-23(16)6/h9-13H,7-8H2,1-6H3,(H,21,25). The van der Waals surface area contributed by atoms with Gasteiger partial charge in [0.05, 0.1) is 5.69 Å². The van der Waals surface area contributed by atoms with E-state index < -0.39 is 0 Å². The number of nitrogens with one attached hydrogen (secondary N) is 1. The Morgan fingerprint density at radius 2 is 1.81 bits per heavy atom. The zero-order valence-corrected chi connectivity index (χ0v) is 16.5. The van der Waals surface area contributed by atoms with Crippen molar-refractivity contribution in [1.82, 2.24) is 14.7 Å². The van der Waals surface area contributed by atoms with Gasteiger partial charge in [-0.3, -0.25) is 14.3 Å². The third-order valence-corrected chi connectivity index (χ3v) is 4.30. The molecule has 0 aliphatic rings. The third kappa shape index (κ3) is 4.31. The molecule has 1 heterocycles. The highest BCUT2D eigenvalue weighted by Gasteiger charge is 2.22. The van der Waals surface area contributed by atoms with Gasteiger partial charge < -0.3 is 10.2 Å². The molecule has 0 radical (unpaired) electrons. The van der Waals surface area contributed by atoms with Crippen LogP contribution in [-0.4, -0.2) is 39.6 Å². The summed E-state index contributed by atoms with van der Waals surface area (Å²) in [6, 6.07) is 8.83. The van der Waals surface area contributed by atoms with Gasteiger partial charge in [-0.1, -0.05) is 26.8 Å². The number of aryl methyl sites for hydroxylation is 1. The van der Waals surface area contributed by atoms with Gasteiger partial charge in [0.25, 0.3) is 11.8 Å². The van der Waals surface area contributed by atoms with Crippen LogP contribution in [0.1, 0.15) is 61.2 Å². The second kappa shape index (κ2) is 7.72. The van der Waals surface area contributed by atoms with Crippen molar-refractivity contribution in [3.8, 4) is 0 Å². The lowest BCUT2D eigenvalue weighted by Crippen LogP contribution is -2.30. The highest BCUT2D eigenvalue weighted by atomic mass is 16.2. The lowest BCUT2D eigenvalue weighted by molar-refractivity contribution is 0.0772. The largest absolute Gasteiger partial charge is 0.339 e. The fourth-order valence-electron chi connectivity index (χ4n) is 2.66. The maximum atomic E-state index is 12.6. The summed E-state index contributed by atoms with van der Waals surface area (Å²) in [5, 5.41) is 7.29. The van der Waals surface area contributed by atoms with E-state index in [9.17, 15) is 9.59 Å². The predicted octanol–water partition coefficient (Wildman–Crippen LogP) is 3.45. The first kappa shape index (κ1) is 19.7. The average molecular weight is 356 g/mol. The first-order chi connectivity index (χ1) is 12.2. The molecule has 0 saturated heterocycles. The smallest absolute Gasteiger partial charge is 0.273 e. The number of carbonyl (C=O) groups excluding carboxylic acids is 2. The Kier molecular flexibility index (Phi) is 5.85. The molecule has 2 aromatic rings. The van der Waals surface area contributed by atoms with Crippen LogP contribution in [-0.2, 0) is 12.5 Å². The number of hydrogen-bond donors (Lipinski definition) is 1. The monoisotopic (exact) mass is 356 g/mol. The van der Waals surface area contributed by atoms with E-state index in [0.717, 1.165) is 5.69 Å². The summed E-state index contributed by atoms with van der Waals surface area (Å²) < 4.78 is 1.58. The minimum Gasteiger partial charge on any atom is -0.339 e. The molecule has 0 aliphatic heterocycles. The Balaban J connectivity index is 2.21. The predicted molar refractivity (Wildman–Crippen MR) is 104 cm³/mol. The summed E-state index contributed by atoms with van der Waals surface area (Å²) in [7, 11) is 1.75. The molecule has 1 N–H and O–H groups in total. The number of rotatable bonds is 5. The molecule has 6 nitrogen and oxygen atoms in total. The molecule has 1 aromatic heterocycles. The van der Waals surface area contributed by atoms with Gasteiger partial charge in [0.15, 0.2) is 0 Å². The van der Waals surface area contributed by atoms with Crippen LogP contribution in [0.15, 0.2) is 30.3 Å². The summed E-state index contributed by atoms with van der Waals surface area (Å²) in [4.78, 5) is 26.9. The molecule has 0 bridgehead atoms. The fraction of sp³-hybridized carbons (Fsp3) is 0.450. The molecule has 0 fully saturated rings. The molecule has 2 rings (SSSR count). The van der Waals surface area contributed by atoms with E-state index in [-0.39, 0.29) is 17.2 Å². The zero-order chi connectivity index (χ0) is 19.5. The summed E-state index contributed by atoms with van der Waals surface area (Å²) >= 11 is 0. The van der Waals surface area contributed by atoms with Crippen LogP contribution < -0.4 is 5.32 Å². The molecule has 1 aromatic carbocycles. The lowest BCUT2D eigenvalue weighted by atomic mass is 9.92. The van der Waals surface area contributed by atoms with E-state index in [1.54, 1.807) is 47.0 Å². The molecule has 140 valence electrons. The SMILES string of the molecule is CCN(CC)C(=O)c1cccc(NC(=O)c2cc(C(C)(C)C)nn2C)c1. The van der Waals surface area contributed by atoms with Crippen LogP contribution in [0.2, 0.25) is 0 Å². The molecular weight excluding hydrogens is 328 g/mol. The van der Waals surface area contributed by atoms with Crippen LogP contribution in [0.3, 0.4) is 0 Å². The minimum atomic E-state index is -0.247. The van der Waals surface area contributed by atoms with Gasteiger partial charge in [0.1, 0.15) is 5.69 Å². The Labute approximate surface area is 155 Å². The molecule has 0 aliphatic carbocycles. The second-order valence-electron chi connectivity index (χ2n) is 7.30. The van der Waals surface area contributed by atoms with Crippen molar-refractivity contribution in [1.29, 1.82) is 0 Å². The van der Waals surface area contributed by atoms with Crippen LogP contribution in [0, 0.1) is 0 Å². The summed E-state index contributed by atoms with van der Waals surface area (Å²) in [6.45, 7) is 11.4. The number of amides is 2. The Morgan fingerprint density at radius 1 is 1.15 bits per heavy atom. The number of nitrogens with zero attached hydrogens (tertiary/aromatic N) is 3. The van der Waals surface area contributed by atoms with Crippen LogP contribution in [0.25, 0.3) is 0 Å². The van der Waals surface area contributed by atoms with E-state index in [1.165, 1.54) is 0 Å². The third-order valence-electron chi connectivity index (χ3n) is 4.30. The van der Waals surface area contributed by atoms with Crippen LogP contribution >= 0.6 is 0 Å². The average Bonchev–Trinajstić information content (AvgIpc) is 2.98. The summed E-state index contributed by atoms with van der Waals surface area (Å²) in [5.74, 6) is -0.287. The normalized spacial score (nSPS) is 11.3. The van der Waals surface area contributed by atoms with Gasteiger partial charge >= 0.3 is 0 Å². The van der Waals surface area contributed by atoms with Crippen molar-refractivity contribution in [3.63, 3.8) is 0 Å². The lowest BCUT2D eigenvalue weighted by Gasteiger charge is -2.19. The number of carbonyl (C=O) groups is 2. The van der Waals surface area contributed by atoms with Crippen LogP contribution in [0.4, 0.5) is 5.69 Å². The molecule has 0 atom stereocenters. The van der Waals surface area contributed by atoms with Gasteiger partial charge in [-0.2, -0.15) is 5.10 Å². The Bertz CT molecular complexity index is 798. The van der Waals surface area contributed by atoms with Gasteiger partial charge in [-0.15, -0.1) is 0 Å². The number of aromatic nitrogens is 2. The molecule has 0 saturated carbocycles. The number of hydrogen-bond acceptors (Lipinski definition) is 3. The van der Waals surface area contributed by atoms with E-state index in [1.807, 2.05) is 13.8 Å². The molecule has 0 spiro atoms. The summed E-state index contributed by atoms with van der Waals surface area (Å²) in [5.41, 5.74) is 2.36. The molecule has 2 amide bonds. The van der Waals surface area contributed by atoms with Crippen LogP contribution in [0.5, 0.6) is 0 Å². The molecular formula is C20H28N4O2. The molecule has 0 unspecified atom stereocenters.